The highest BCUT2D eigenvalue weighted by molar-refractivity contribution is 6.09. The zero-order chi connectivity index (χ0) is 20.3. The van der Waals surface area contributed by atoms with Gasteiger partial charge in [0.05, 0.1) is 0 Å². The lowest BCUT2D eigenvalue weighted by Crippen LogP contribution is -2.48. The van der Waals surface area contributed by atoms with Crippen LogP contribution in [0.2, 0.25) is 0 Å². The fraction of sp³-hybridized carbons (Fsp3) is 0.333. The number of hydrogen-bond acceptors (Lipinski definition) is 3. The van der Waals surface area contributed by atoms with Gasteiger partial charge in [0.15, 0.2) is 0 Å². The predicted molar refractivity (Wildman–Crippen MR) is 115 cm³/mol. The number of carbonyl (C=O) groups excluding carboxylic acids is 1. The van der Waals surface area contributed by atoms with Crippen molar-refractivity contribution in [3.8, 4) is 6.07 Å². The first-order chi connectivity index (χ1) is 13.4. The minimum atomic E-state index is -0.393. The third-order valence-corrected chi connectivity index (χ3v) is 5.43. The topological polar surface area (TPSA) is 56.1 Å². The van der Waals surface area contributed by atoms with Crippen molar-refractivity contribution in [2.24, 2.45) is 0 Å². The van der Waals surface area contributed by atoms with Gasteiger partial charge in [0.1, 0.15) is 11.6 Å². The minimum absolute atomic E-state index is 0.0972. The molecule has 1 unspecified atom stereocenters. The Hall–Kier alpha value is -3.06. The Bertz CT molecular complexity index is 938. The van der Waals surface area contributed by atoms with E-state index in [1.54, 1.807) is 18.2 Å². The minimum Gasteiger partial charge on any atom is -0.366 e. The molecule has 1 atom stereocenters. The summed E-state index contributed by atoms with van der Waals surface area (Å²) >= 11 is 0. The van der Waals surface area contributed by atoms with Crippen molar-refractivity contribution >= 4 is 23.4 Å². The Balaban J connectivity index is 1.91. The standard InChI is InChI=1S/C24H27N3O/c1-5-27-22-12-11-18(14-21(22)17(2)15-24(27,3)4)13-19(16-25)23(28)26-20-9-7-6-8-10-20/h6-14,17H,5,15H2,1-4H3,(H,26,28)/b19-13-. The Kier molecular flexibility index (Phi) is 5.56. The fourth-order valence-corrected chi connectivity index (χ4v) is 4.23. The van der Waals surface area contributed by atoms with E-state index in [1.165, 1.54) is 11.3 Å². The largest absolute Gasteiger partial charge is 0.366 e. The van der Waals surface area contributed by atoms with Crippen LogP contribution >= 0.6 is 0 Å². The van der Waals surface area contributed by atoms with E-state index < -0.39 is 5.91 Å². The van der Waals surface area contributed by atoms with E-state index in [9.17, 15) is 10.1 Å². The SMILES string of the molecule is CCN1c2ccc(/C=C(/C#N)C(=O)Nc3ccccc3)cc2C(C)CC1(C)C. The maximum absolute atomic E-state index is 12.5. The normalized spacial score (nSPS) is 18.2. The first kappa shape index (κ1) is 19.7. The van der Waals surface area contributed by atoms with Gasteiger partial charge >= 0.3 is 0 Å². The summed E-state index contributed by atoms with van der Waals surface area (Å²) in [5.74, 6) is 0.0284. The number of para-hydroxylation sites is 1. The van der Waals surface area contributed by atoms with Crippen molar-refractivity contribution in [2.75, 3.05) is 16.8 Å². The number of amides is 1. The summed E-state index contributed by atoms with van der Waals surface area (Å²) in [6.07, 6.45) is 2.74. The van der Waals surface area contributed by atoms with Gasteiger partial charge in [0.2, 0.25) is 0 Å². The predicted octanol–water partition coefficient (Wildman–Crippen LogP) is 5.34. The summed E-state index contributed by atoms with van der Waals surface area (Å²) in [6.45, 7) is 9.94. The molecule has 2 aromatic rings. The van der Waals surface area contributed by atoms with Gasteiger partial charge in [-0.05, 0) is 74.6 Å². The molecule has 144 valence electrons. The van der Waals surface area contributed by atoms with Crippen molar-refractivity contribution < 1.29 is 4.79 Å². The molecule has 1 aliphatic heterocycles. The zero-order valence-electron chi connectivity index (χ0n) is 17.0. The highest BCUT2D eigenvalue weighted by Gasteiger charge is 2.35. The first-order valence-corrected chi connectivity index (χ1v) is 9.75. The molecule has 28 heavy (non-hydrogen) atoms. The van der Waals surface area contributed by atoms with E-state index in [4.69, 9.17) is 0 Å². The smallest absolute Gasteiger partial charge is 0.266 e. The van der Waals surface area contributed by atoms with Gasteiger partial charge < -0.3 is 10.2 Å². The van der Waals surface area contributed by atoms with Crippen molar-refractivity contribution in [1.82, 2.24) is 0 Å². The zero-order valence-corrected chi connectivity index (χ0v) is 17.0. The monoisotopic (exact) mass is 373 g/mol. The van der Waals surface area contributed by atoms with Crippen LogP contribution in [-0.4, -0.2) is 18.0 Å². The van der Waals surface area contributed by atoms with E-state index in [0.717, 1.165) is 18.5 Å². The molecule has 4 nitrogen and oxygen atoms in total. The van der Waals surface area contributed by atoms with Gasteiger partial charge in [-0.15, -0.1) is 0 Å². The van der Waals surface area contributed by atoms with Crippen LogP contribution in [0, 0.1) is 11.3 Å². The van der Waals surface area contributed by atoms with Gasteiger partial charge in [-0.25, -0.2) is 0 Å². The average Bonchev–Trinajstić information content (AvgIpc) is 2.66. The molecule has 2 aromatic carbocycles. The Morgan fingerprint density at radius 2 is 2.00 bits per heavy atom. The van der Waals surface area contributed by atoms with Crippen LogP contribution < -0.4 is 10.2 Å². The maximum atomic E-state index is 12.5. The summed E-state index contributed by atoms with van der Waals surface area (Å²) in [5.41, 5.74) is 4.28. The van der Waals surface area contributed by atoms with Crippen LogP contribution in [0.15, 0.2) is 54.1 Å². The van der Waals surface area contributed by atoms with Crippen LogP contribution in [-0.2, 0) is 4.79 Å². The molecule has 0 spiro atoms. The molecule has 0 bridgehead atoms. The van der Waals surface area contributed by atoms with E-state index in [0.29, 0.717) is 11.6 Å². The molecule has 0 aromatic heterocycles. The van der Waals surface area contributed by atoms with Crippen LogP contribution in [0.3, 0.4) is 0 Å². The second-order valence-corrected chi connectivity index (χ2v) is 7.97. The van der Waals surface area contributed by atoms with Crippen LogP contribution in [0.4, 0.5) is 11.4 Å². The number of hydrogen-bond donors (Lipinski definition) is 1. The molecule has 1 heterocycles. The van der Waals surface area contributed by atoms with Gasteiger partial charge in [-0.2, -0.15) is 5.26 Å². The first-order valence-electron chi connectivity index (χ1n) is 9.75. The summed E-state index contributed by atoms with van der Waals surface area (Å²) in [5, 5.41) is 12.3. The number of nitrogens with one attached hydrogen (secondary N) is 1. The van der Waals surface area contributed by atoms with E-state index >= 15 is 0 Å². The lowest BCUT2D eigenvalue weighted by Gasteiger charge is -2.47. The Morgan fingerprint density at radius 3 is 2.64 bits per heavy atom. The van der Waals surface area contributed by atoms with Crippen molar-refractivity contribution in [2.45, 2.75) is 45.6 Å². The van der Waals surface area contributed by atoms with Gasteiger partial charge in [-0.1, -0.05) is 31.2 Å². The van der Waals surface area contributed by atoms with Gasteiger partial charge in [-0.3, -0.25) is 4.79 Å². The number of nitrogens with zero attached hydrogens (tertiary/aromatic N) is 2. The van der Waals surface area contributed by atoms with Crippen molar-refractivity contribution in [3.05, 3.63) is 65.2 Å². The molecule has 0 saturated heterocycles. The molecule has 0 fully saturated rings. The molecule has 0 saturated carbocycles. The number of benzene rings is 2. The van der Waals surface area contributed by atoms with E-state index in [-0.39, 0.29) is 11.1 Å². The number of nitriles is 1. The maximum Gasteiger partial charge on any atom is 0.266 e. The molecular formula is C24H27N3O. The molecule has 1 N–H and O–H groups in total. The molecule has 1 amide bonds. The van der Waals surface area contributed by atoms with Crippen LogP contribution in [0.5, 0.6) is 0 Å². The Morgan fingerprint density at radius 1 is 1.29 bits per heavy atom. The van der Waals surface area contributed by atoms with Gasteiger partial charge in [0, 0.05) is 23.5 Å². The van der Waals surface area contributed by atoms with Crippen LogP contribution in [0.1, 0.15) is 51.2 Å². The van der Waals surface area contributed by atoms with Gasteiger partial charge in [0.25, 0.3) is 5.91 Å². The molecule has 1 aliphatic rings. The fourth-order valence-electron chi connectivity index (χ4n) is 4.23. The second kappa shape index (κ2) is 7.90. The summed E-state index contributed by atoms with van der Waals surface area (Å²) in [7, 11) is 0. The van der Waals surface area contributed by atoms with E-state index in [1.807, 2.05) is 30.3 Å². The highest BCUT2D eigenvalue weighted by Crippen LogP contribution is 2.43. The molecule has 3 rings (SSSR count). The lowest BCUT2D eigenvalue weighted by atomic mass is 9.79. The number of carbonyl (C=O) groups is 1. The Labute approximate surface area is 167 Å². The molecular weight excluding hydrogens is 346 g/mol. The quantitative estimate of drug-likeness (QED) is 0.581. The molecule has 0 radical (unpaired) electrons. The van der Waals surface area contributed by atoms with Crippen molar-refractivity contribution in [3.63, 3.8) is 0 Å². The van der Waals surface area contributed by atoms with Crippen LogP contribution in [0.25, 0.3) is 6.08 Å². The third-order valence-electron chi connectivity index (χ3n) is 5.43. The lowest BCUT2D eigenvalue weighted by molar-refractivity contribution is -0.112. The number of fused-ring (bicyclic) bond motifs is 1. The summed E-state index contributed by atoms with van der Waals surface area (Å²) < 4.78 is 0. The van der Waals surface area contributed by atoms with Crippen molar-refractivity contribution in [1.29, 1.82) is 5.26 Å². The summed E-state index contributed by atoms with van der Waals surface area (Å²) in [6, 6.07) is 17.4. The van der Waals surface area contributed by atoms with E-state index in [2.05, 4.69) is 50.0 Å². The average molecular weight is 374 g/mol. The number of rotatable bonds is 4. The third kappa shape index (κ3) is 3.94. The number of anilines is 2. The summed E-state index contributed by atoms with van der Waals surface area (Å²) in [4.78, 5) is 14.9. The molecule has 0 aliphatic carbocycles. The second-order valence-electron chi connectivity index (χ2n) is 7.97. The molecule has 4 heteroatoms. The highest BCUT2D eigenvalue weighted by atomic mass is 16.1.